The molecule has 0 spiro atoms. The summed E-state index contributed by atoms with van der Waals surface area (Å²) < 4.78 is 131. The highest BCUT2D eigenvalue weighted by atomic mass is 35.5. The summed E-state index contributed by atoms with van der Waals surface area (Å²) >= 11 is 5.87. The van der Waals surface area contributed by atoms with E-state index in [9.17, 15) is 43.2 Å². The van der Waals surface area contributed by atoms with Gasteiger partial charge in [0, 0.05) is 5.02 Å². The molecule has 0 aromatic heterocycles. The van der Waals surface area contributed by atoms with Gasteiger partial charge in [-0.3, -0.25) is 9.44 Å². The molecule has 0 amide bonds. The minimum Gasteiger partial charge on any atom is -0.277 e. The number of nitrogens with one attached hydrogen (secondary N) is 2. The molecular formula is C20H13ClF6N2O4S2. The molecule has 0 aliphatic carbocycles. The summed E-state index contributed by atoms with van der Waals surface area (Å²) in [7, 11) is -8.97. The zero-order valence-corrected chi connectivity index (χ0v) is 19.3. The number of hydrogen-bond acceptors (Lipinski definition) is 4. The van der Waals surface area contributed by atoms with Crippen LogP contribution in [-0.2, 0) is 32.4 Å². The Kier molecular flexibility index (Phi) is 7.03. The highest BCUT2D eigenvalue weighted by molar-refractivity contribution is 7.93. The molecular weight excluding hydrogens is 546 g/mol. The summed E-state index contributed by atoms with van der Waals surface area (Å²) in [6.07, 6.45) is -9.37. The topological polar surface area (TPSA) is 92.3 Å². The van der Waals surface area contributed by atoms with Gasteiger partial charge in [0.05, 0.1) is 32.3 Å². The molecule has 2 N–H and O–H groups in total. The minimum atomic E-state index is -4.69. The van der Waals surface area contributed by atoms with E-state index < -0.39 is 53.3 Å². The summed E-state index contributed by atoms with van der Waals surface area (Å²) in [5, 5.41) is -0.0207. The van der Waals surface area contributed by atoms with Crippen molar-refractivity contribution in [3.05, 3.63) is 82.9 Å². The summed E-state index contributed by atoms with van der Waals surface area (Å²) in [5.41, 5.74) is -2.88. The van der Waals surface area contributed by atoms with Crippen LogP contribution in [0, 0.1) is 0 Å². The van der Waals surface area contributed by atoms with Gasteiger partial charge >= 0.3 is 12.4 Å². The van der Waals surface area contributed by atoms with Gasteiger partial charge in [-0.25, -0.2) is 16.8 Å². The van der Waals surface area contributed by atoms with Crippen LogP contribution in [0.25, 0.3) is 0 Å². The third kappa shape index (κ3) is 6.38. The maximum atomic E-state index is 12.7. The van der Waals surface area contributed by atoms with Crippen LogP contribution in [0.4, 0.5) is 37.7 Å². The lowest BCUT2D eigenvalue weighted by molar-refractivity contribution is -0.138. The number of sulfonamides is 2. The van der Waals surface area contributed by atoms with Crippen LogP contribution in [0.15, 0.2) is 76.5 Å². The summed E-state index contributed by atoms with van der Waals surface area (Å²) in [6, 6.07) is 8.42. The van der Waals surface area contributed by atoms with Crippen LogP contribution in [0.2, 0.25) is 5.02 Å². The van der Waals surface area contributed by atoms with Gasteiger partial charge in [-0.2, -0.15) is 26.3 Å². The standard InChI is InChI=1S/C20H13ClF6N2O4S2/c21-14-5-10-17(28-34(30,31)15-6-1-12(2-7-15)19(22,23)24)18(11-14)29-35(32,33)16-8-3-13(4-9-16)20(25,26)27/h1-11,28-29H. The van der Waals surface area contributed by atoms with Crippen molar-refractivity contribution in [3.63, 3.8) is 0 Å². The number of hydrogen-bond donors (Lipinski definition) is 2. The highest BCUT2D eigenvalue weighted by Gasteiger charge is 2.32. The quantitative estimate of drug-likeness (QED) is 0.364. The first-order valence-electron chi connectivity index (χ1n) is 9.19. The van der Waals surface area contributed by atoms with Crippen LogP contribution in [0.3, 0.4) is 0 Å². The van der Waals surface area contributed by atoms with Gasteiger partial charge in [0.2, 0.25) is 0 Å². The van der Waals surface area contributed by atoms with Crippen LogP contribution in [0.5, 0.6) is 0 Å². The molecule has 6 nitrogen and oxygen atoms in total. The van der Waals surface area contributed by atoms with E-state index in [1.165, 1.54) is 6.07 Å². The molecule has 0 aliphatic heterocycles. The lowest BCUT2D eigenvalue weighted by Crippen LogP contribution is -2.18. The van der Waals surface area contributed by atoms with Crippen LogP contribution < -0.4 is 9.44 Å². The monoisotopic (exact) mass is 558 g/mol. The second kappa shape index (κ2) is 9.24. The van der Waals surface area contributed by atoms with E-state index >= 15 is 0 Å². The van der Waals surface area contributed by atoms with Gasteiger partial charge in [0.25, 0.3) is 20.0 Å². The zero-order valence-electron chi connectivity index (χ0n) is 16.9. The van der Waals surface area contributed by atoms with E-state index in [1.807, 2.05) is 9.44 Å². The first-order valence-corrected chi connectivity index (χ1v) is 12.5. The van der Waals surface area contributed by atoms with Gasteiger partial charge < -0.3 is 0 Å². The summed E-state index contributed by atoms with van der Waals surface area (Å²) in [4.78, 5) is -1.10. The fraction of sp³-hybridized carbons (Fsp3) is 0.100. The Labute approximate surface area is 200 Å². The van der Waals surface area contributed by atoms with Crippen molar-refractivity contribution >= 4 is 43.0 Å². The Bertz CT molecular complexity index is 1440. The SMILES string of the molecule is O=S(=O)(Nc1ccc(Cl)cc1NS(=O)(=O)c1ccc(C(F)(F)F)cc1)c1ccc(C(F)(F)F)cc1. The first kappa shape index (κ1) is 26.6. The largest absolute Gasteiger partial charge is 0.416 e. The van der Waals surface area contributed by atoms with E-state index in [2.05, 4.69) is 0 Å². The highest BCUT2D eigenvalue weighted by Crippen LogP contribution is 2.33. The van der Waals surface area contributed by atoms with E-state index in [0.29, 0.717) is 48.5 Å². The molecule has 15 heteroatoms. The summed E-state index contributed by atoms with van der Waals surface area (Å²) in [6.45, 7) is 0. The Balaban J connectivity index is 1.91. The average molecular weight is 559 g/mol. The molecule has 3 rings (SSSR count). The minimum absolute atomic E-state index is 0.0207. The predicted molar refractivity (Wildman–Crippen MR) is 116 cm³/mol. The third-order valence-electron chi connectivity index (χ3n) is 4.45. The fourth-order valence-electron chi connectivity index (χ4n) is 2.74. The van der Waals surface area contributed by atoms with E-state index in [1.54, 1.807) is 0 Å². The maximum absolute atomic E-state index is 12.7. The van der Waals surface area contributed by atoms with Crippen molar-refractivity contribution < 1.29 is 43.2 Å². The maximum Gasteiger partial charge on any atom is 0.416 e. The van der Waals surface area contributed by atoms with Crippen LogP contribution >= 0.6 is 11.6 Å². The summed E-state index contributed by atoms with van der Waals surface area (Å²) in [5.74, 6) is 0. The number of benzene rings is 3. The molecule has 0 saturated heterocycles. The van der Waals surface area contributed by atoms with E-state index in [-0.39, 0.29) is 16.4 Å². The Hall–Kier alpha value is -2.97. The smallest absolute Gasteiger partial charge is 0.277 e. The predicted octanol–water partition coefficient (Wildman–Crippen LogP) is 5.98. The number of alkyl halides is 6. The average Bonchev–Trinajstić information content (AvgIpc) is 2.74. The second-order valence-corrected chi connectivity index (χ2v) is 10.7. The lowest BCUT2D eigenvalue weighted by Gasteiger charge is -2.16. The molecule has 3 aromatic carbocycles. The van der Waals surface area contributed by atoms with Crippen LogP contribution in [0.1, 0.15) is 11.1 Å². The molecule has 0 saturated carbocycles. The molecule has 35 heavy (non-hydrogen) atoms. The molecule has 0 heterocycles. The van der Waals surface area contributed by atoms with Gasteiger partial charge in [-0.15, -0.1) is 0 Å². The van der Waals surface area contributed by atoms with Crippen LogP contribution in [-0.4, -0.2) is 16.8 Å². The number of anilines is 2. The molecule has 3 aromatic rings. The Morgan fingerprint density at radius 2 is 0.943 bits per heavy atom. The van der Waals surface area contributed by atoms with Crippen molar-refractivity contribution in [3.8, 4) is 0 Å². The number of halogens is 7. The molecule has 0 atom stereocenters. The fourth-order valence-corrected chi connectivity index (χ4v) is 5.07. The molecule has 0 radical (unpaired) electrons. The van der Waals surface area contributed by atoms with Gasteiger partial charge in [-0.1, -0.05) is 11.6 Å². The van der Waals surface area contributed by atoms with E-state index in [0.717, 1.165) is 12.1 Å². The molecule has 0 unspecified atom stereocenters. The molecule has 0 fully saturated rings. The third-order valence-corrected chi connectivity index (χ3v) is 7.45. The van der Waals surface area contributed by atoms with Gasteiger partial charge in [0.15, 0.2) is 0 Å². The zero-order chi connectivity index (χ0) is 26.2. The Morgan fingerprint density at radius 3 is 1.31 bits per heavy atom. The van der Waals surface area contributed by atoms with Crippen molar-refractivity contribution in [2.45, 2.75) is 22.1 Å². The molecule has 0 bridgehead atoms. The molecule has 0 aliphatic rings. The molecule has 188 valence electrons. The van der Waals surface area contributed by atoms with E-state index in [4.69, 9.17) is 11.6 Å². The van der Waals surface area contributed by atoms with Crippen molar-refractivity contribution in [2.24, 2.45) is 0 Å². The Morgan fingerprint density at radius 1 is 0.571 bits per heavy atom. The van der Waals surface area contributed by atoms with Crippen molar-refractivity contribution in [2.75, 3.05) is 9.44 Å². The number of rotatable bonds is 6. The first-order chi connectivity index (χ1) is 16.0. The normalized spacial score (nSPS) is 12.9. The van der Waals surface area contributed by atoms with Gasteiger partial charge in [-0.05, 0) is 66.7 Å². The second-order valence-electron chi connectivity index (χ2n) is 6.95. The van der Waals surface area contributed by atoms with Gasteiger partial charge in [0.1, 0.15) is 0 Å². The lowest BCUT2D eigenvalue weighted by atomic mass is 10.2. The van der Waals surface area contributed by atoms with Crippen molar-refractivity contribution in [1.82, 2.24) is 0 Å². The van der Waals surface area contributed by atoms with Crippen molar-refractivity contribution in [1.29, 1.82) is 0 Å².